The third-order valence-corrected chi connectivity index (χ3v) is 4.61. The van der Waals surface area contributed by atoms with Crippen LogP contribution in [0.15, 0.2) is 71.8 Å². The van der Waals surface area contributed by atoms with Gasteiger partial charge < -0.3 is 14.2 Å². The lowest BCUT2D eigenvalue weighted by molar-refractivity contribution is -0.385. The zero-order valence-corrected chi connectivity index (χ0v) is 19.4. The van der Waals surface area contributed by atoms with E-state index in [9.17, 15) is 29.8 Å². The SMILES string of the molecule is CCOc1cc(C=NNC(=O)COc2ccccc2[N+](=O)[O-])ccc1OC(=O)c1ccc([N+](=O)[O-])cc1. The molecule has 3 aromatic rings. The van der Waals surface area contributed by atoms with Gasteiger partial charge in [-0.3, -0.25) is 25.0 Å². The fourth-order valence-corrected chi connectivity index (χ4v) is 2.92. The number of carbonyl (C=O) groups excluding carboxylic acids is 2. The minimum atomic E-state index is -0.733. The predicted molar refractivity (Wildman–Crippen MR) is 130 cm³/mol. The fraction of sp³-hybridized carbons (Fsp3) is 0.125. The molecule has 0 spiro atoms. The van der Waals surface area contributed by atoms with Crippen LogP contribution in [-0.2, 0) is 4.79 Å². The van der Waals surface area contributed by atoms with E-state index >= 15 is 0 Å². The van der Waals surface area contributed by atoms with Gasteiger partial charge in [-0.15, -0.1) is 0 Å². The van der Waals surface area contributed by atoms with Crippen LogP contribution < -0.4 is 19.6 Å². The number of esters is 1. The summed E-state index contributed by atoms with van der Waals surface area (Å²) in [4.78, 5) is 45.0. The molecule has 0 radical (unpaired) electrons. The molecule has 0 saturated carbocycles. The number of hydrogen-bond donors (Lipinski definition) is 1. The van der Waals surface area contributed by atoms with Gasteiger partial charge in [0.05, 0.1) is 28.2 Å². The molecule has 1 N–H and O–H groups in total. The highest BCUT2D eigenvalue weighted by Gasteiger charge is 2.16. The topological polar surface area (TPSA) is 172 Å². The number of rotatable bonds is 11. The van der Waals surface area contributed by atoms with Crippen LogP contribution in [0.2, 0.25) is 0 Å². The molecule has 0 bridgehead atoms. The molecule has 0 heterocycles. The first-order valence-corrected chi connectivity index (χ1v) is 10.7. The Labute approximate surface area is 209 Å². The van der Waals surface area contributed by atoms with E-state index in [1.54, 1.807) is 19.1 Å². The van der Waals surface area contributed by atoms with E-state index in [-0.39, 0.29) is 40.8 Å². The Morgan fingerprint density at radius 1 is 0.919 bits per heavy atom. The molecule has 0 unspecified atom stereocenters. The van der Waals surface area contributed by atoms with E-state index in [0.717, 1.165) is 0 Å². The van der Waals surface area contributed by atoms with Crippen molar-refractivity contribution in [3.63, 3.8) is 0 Å². The highest BCUT2D eigenvalue weighted by molar-refractivity contribution is 5.92. The van der Waals surface area contributed by atoms with Crippen LogP contribution in [-0.4, -0.2) is 41.2 Å². The third-order valence-electron chi connectivity index (χ3n) is 4.61. The van der Waals surface area contributed by atoms with E-state index < -0.39 is 28.3 Å². The van der Waals surface area contributed by atoms with Gasteiger partial charge in [-0.2, -0.15) is 5.10 Å². The van der Waals surface area contributed by atoms with Crippen molar-refractivity contribution in [3.05, 3.63) is 98.1 Å². The second-order valence-electron chi connectivity index (χ2n) is 7.14. The van der Waals surface area contributed by atoms with Gasteiger partial charge in [-0.25, -0.2) is 10.2 Å². The summed E-state index contributed by atoms with van der Waals surface area (Å²) in [6, 6.07) is 15.2. The quantitative estimate of drug-likeness (QED) is 0.133. The Morgan fingerprint density at radius 2 is 1.65 bits per heavy atom. The first-order chi connectivity index (χ1) is 17.8. The number of amides is 1. The van der Waals surface area contributed by atoms with E-state index in [2.05, 4.69) is 10.5 Å². The first-order valence-electron chi connectivity index (χ1n) is 10.7. The number of nitrogens with zero attached hydrogens (tertiary/aromatic N) is 3. The molecule has 37 heavy (non-hydrogen) atoms. The smallest absolute Gasteiger partial charge is 0.343 e. The monoisotopic (exact) mass is 508 g/mol. The molecule has 0 aliphatic carbocycles. The lowest BCUT2D eigenvalue weighted by Gasteiger charge is -2.11. The number of nitrogens with one attached hydrogen (secondary N) is 1. The zero-order chi connectivity index (χ0) is 26.8. The summed E-state index contributed by atoms with van der Waals surface area (Å²) >= 11 is 0. The minimum Gasteiger partial charge on any atom is -0.490 e. The maximum atomic E-state index is 12.4. The number of hydrogen-bond acceptors (Lipinski definition) is 10. The molecule has 13 nitrogen and oxygen atoms in total. The first kappa shape index (κ1) is 26.3. The maximum absolute atomic E-state index is 12.4. The van der Waals surface area contributed by atoms with Gasteiger partial charge in [-0.05, 0) is 48.9 Å². The molecule has 0 saturated heterocycles. The third kappa shape index (κ3) is 7.32. The molecule has 1 amide bonds. The molecule has 13 heteroatoms. The van der Waals surface area contributed by atoms with E-state index in [4.69, 9.17) is 14.2 Å². The lowest BCUT2D eigenvalue weighted by Crippen LogP contribution is -2.24. The van der Waals surface area contributed by atoms with Gasteiger partial charge in [0.25, 0.3) is 11.6 Å². The van der Waals surface area contributed by atoms with Crippen LogP contribution in [0.3, 0.4) is 0 Å². The maximum Gasteiger partial charge on any atom is 0.343 e. The van der Waals surface area contributed by atoms with Crippen molar-refractivity contribution in [2.45, 2.75) is 6.92 Å². The van der Waals surface area contributed by atoms with Crippen LogP contribution in [0, 0.1) is 20.2 Å². The van der Waals surface area contributed by atoms with Crippen molar-refractivity contribution >= 4 is 29.5 Å². The van der Waals surface area contributed by atoms with Gasteiger partial charge in [0, 0.05) is 18.2 Å². The van der Waals surface area contributed by atoms with E-state index in [0.29, 0.717) is 5.56 Å². The van der Waals surface area contributed by atoms with Crippen molar-refractivity contribution in [3.8, 4) is 17.2 Å². The number of hydrazone groups is 1. The van der Waals surface area contributed by atoms with Gasteiger partial charge in [-0.1, -0.05) is 12.1 Å². The molecule has 0 fully saturated rings. The largest absolute Gasteiger partial charge is 0.490 e. The Hall–Kier alpha value is -5.33. The lowest BCUT2D eigenvalue weighted by atomic mass is 10.2. The van der Waals surface area contributed by atoms with Crippen LogP contribution in [0.25, 0.3) is 0 Å². The molecule has 0 aliphatic heterocycles. The molecular weight excluding hydrogens is 488 g/mol. The van der Waals surface area contributed by atoms with Crippen molar-refractivity contribution < 1.29 is 33.6 Å². The Kier molecular flexibility index (Phi) is 8.80. The molecule has 0 aliphatic rings. The van der Waals surface area contributed by atoms with Gasteiger partial charge >= 0.3 is 11.7 Å². The second kappa shape index (κ2) is 12.4. The summed E-state index contributed by atoms with van der Waals surface area (Å²) in [5.41, 5.74) is 2.43. The minimum absolute atomic E-state index is 0.0492. The van der Waals surface area contributed by atoms with Gasteiger partial charge in [0.1, 0.15) is 0 Å². The molecule has 190 valence electrons. The summed E-state index contributed by atoms with van der Waals surface area (Å²) in [7, 11) is 0. The molecular formula is C24H20N4O9. The molecule has 3 aromatic carbocycles. The zero-order valence-electron chi connectivity index (χ0n) is 19.4. The number of carbonyl (C=O) groups is 2. The number of ether oxygens (including phenoxy) is 3. The number of non-ortho nitro benzene ring substituents is 1. The number of benzene rings is 3. The average molecular weight is 508 g/mol. The standard InChI is InChI=1S/C24H20N4O9/c1-2-35-22-13-16(7-12-21(22)37-24(30)17-8-10-18(11-9-17)27(31)32)14-25-26-23(29)15-36-20-6-4-3-5-19(20)28(33)34/h3-14H,2,15H2,1H3,(H,26,29). The Bertz CT molecular complexity index is 1340. The van der Waals surface area contributed by atoms with Gasteiger partial charge in [0.15, 0.2) is 23.9 Å². The number of nitro groups is 2. The summed E-state index contributed by atoms with van der Waals surface area (Å²) in [6.45, 7) is 1.51. The van der Waals surface area contributed by atoms with Crippen LogP contribution in [0.4, 0.5) is 11.4 Å². The summed E-state index contributed by atoms with van der Waals surface area (Å²) < 4.78 is 16.1. The second-order valence-corrected chi connectivity index (χ2v) is 7.14. The molecule has 0 atom stereocenters. The summed E-state index contributed by atoms with van der Waals surface area (Å²) in [6.07, 6.45) is 1.31. The fourth-order valence-electron chi connectivity index (χ4n) is 2.92. The molecule has 0 aromatic heterocycles. The molecule has 3 rings (SSSR count). The van der Waals surface area contributed by atoms with Crippen LogP contribution in [0.1, 0.15) is 22.8 Å². The van der Waals surface area contributed by atoms with Crippen molar-refractivity contribution in [2.24, 2.45) is 5.10 Å². The normalized spacial score (nSPS) is 10.5. The van der Waals surface area contributed by atoms with Gasteiger partial charge in [0.2, 0.25) is 0 Å². The predicted octanol–water partition coefficient (Wildman–Crippen LogP) is 3.65. The van der Waals surface area contributed by atoms with Crippen molar-refractivity contribution in [1.82, 2.24) is 5.43 Å². The van der Waals surface area contributed by atoms with E-state index in [1.807, 2.05) is 0 Å². The van der Waals surface area contributed by atoms with Crippen molar-refractivity contribution in [2.75, 3.05) is 13.2 Å². The van der Waals surface area contributed by atoms with E-state index in [1.165, 1.54) is 60.8 Å². The highest BCUT2D eigenvalue weighted by Crippen LogP contribution is 2.29. The van der Waals surface area contributed by atoms with Crippen molar-refractivity contribution in [1.29, 1.82) is 0 Å². The Morgan fingerprint density at radius 3 is 2.32 bits per heavy atom. The Balaban J connectivity index is 1.61. The van der Waals surface area contributed by atoms with Crippen LogP contribution >= 0.6 is 0 Å². The average Bonchev–Trinajstić information content (AvgIpc) is 2.89. The number of nitro benzene ring substituents is 2. The summed E-state index contributed by atoms with van der Waals surface area (Å²) in [5.74, 6) is -1.08. The van der Waals surface area contributed by atoms with Crippen LogP contribution in [0.5, 0.6) is 17.2 Å². The highest BCUT2D eigenvalue weighted by atomic mass is 16.6. The number of para-hydroxylation sites is 2. The summed E-state index contributed by atoms with van der Waals surface area (Å²) in [5, 5.41) is 25.6.